The summed E-state index contributed by atoms with van der Waals surface area (Å²) in [6.45, 7) is 5.88. The summed E-state index contributed by atoms with van der Waals surface area (Å²) in [6.07, 6.45) is 0.833. The maximum atomic E-state index is 11.7. The summed E-state index contributed by atoms with van der Waals surface area (Å²) in [6, 6.07) is 4.93. The van der Waals surface area contributed by atoms with Crippen molar-refractivity contribution in [3.63, 3.8) is 0 Å². The van der Waals surface area contributed by atoms with Crippen LogP contribution in [0.1, 0.15) is 27.2 Å². The minimum Gasteiger partial charge on any atom is -0.397 e. The van der Waals surface area contributed by atoms with Gasteiger partial charge in [-0.05, 0) is 38.5 Å². The Labute approximate surface area is 112 Å². The number of carbonyl (C=O) groups excluding carboxylic acids is 1. The Morgan fingerprint density at radius 3 is 2.78 bits per heavy atom. The molecule has 0 radical (unpaired) electrons. The molecule has 0 aliphatic heterocycles. The molecule has 1 rings (SSSR count). The van der Waals surface area contributed by atoms with Gasteiger partial charge in [0.05, 0.1) is 17.0 Å². The van der Waals surface area contributed by atoms with E-state index in [-0.39, 0.29) is 18.1 Å². The van der Waals surface area contributed by atoms with Crippen molar-refractivity contribution in [2.75, 3.05) is 17.7 Å². The lowest BCUT2D eigenvalue weighted by molar-refractivity contribution is -0.126. The number of carbonyl (C=O) groups is 1. The fourth-order valence-corrected chi connectivity index (χ4v) is 1.36. The van der Waals surface area contributed by atoms with E-state index in [9.17, 15) is 4.79 Å². The maximum Gasteiger partial charge on any atom is 0.250 e. The molecule has 18 heavy (non-hydrogen) atoms. The number of nitrogens with one attached hydrogen (secondary N) is 1. The molecular formula is C13H19ClN2O2. The molecule has 0 heterocycles. The van der Waals surface area contributed by atoms with E-state index < -0.39 is 0 Å². The SMILES string of the molecule is CCC(C)(C)OCC(=O)Nc1cc(Cl)ccc1N. The van der Waals surface area contributed by atoms with Gasteiger partial charge in [-0.3, -0.25) is 4.79 Å². The average molecular weight is 271 g/mol. The molecular weight excluding hydrogens is 252 g/mol. The van der Waals surface area contributed by atoms with E-state index in [0.29, 0.717) is 16.4 Å². The Balaban J connectivity index is 2.57. The minimum atomic E-state index is -0.308. The van der Waals surface area contributed by atoms with Gasteiger partial charge in [-0.1, -0.05) is 18.5 Å². The van der Waals surface area contributed by atoms with Crippen molar-refractivity contribution in [3.8, 4) is 0 Å². The van der Waals surface area contributed by atoms with Gasteiger partial charge >= 0.3 is 0 Å². The molecule has 0 saturated carbocycles. The molecule has 5 heteroatoms. The lowest BCUT2D eigenvalue weighted by Gasteiger charge is -2.23. The van der Waals surface area contributed by atoms with Crippen LogP contribution in [0.15, 0.2) is 18.2 Å². The van der Waals surface area contributed by atoms with Crippen molar-refractivity contribution in [3.05, 3.63) is 23.2 Å². The number of anilines is 2. The summed E-state index contributed by atoms with van der Waals surface area (Å²) in [5.41, 5.74) is 6.40. The summed E-state index contributed by atoms with van der Waals surface area (Å²) in [4.78, 5) is 11.7. The molecule has 100 valence electrons. The highest BCUT2D eigenvalue weighted by atomic mass is 35.5. The van der Waals surface area contributed by atoms with Crippen molar-refractivity contribution in [1.29, 1.82) is 0 Å². The van der Waals surface area contributed by atoms with E-state index in [0.717, 1.165) is 6.42 Å². The molecule has 4 nitrogen and oxygen atoms in total. The first kappa shape index (κ1) is 14.8. The number of rotatable bonds is 5. The lowest BCUT2D eigenvalue weighted by atomic mass is 10.1. The summed E-state index contributed by atoms with van der Waals surface area (Å²) in [5, 5.41) is 3.20. The Morgan fingerprint density at radius 2 is 2.17 bits per heavy atom. The van der Waals surface area contributed by atoms with Crippen LogP contribution in [0.2, 0.25) is 5.02 Å². The molecule has 0 bridgehead atoms. The predicted molar refractivity (Wildman–Crippen MR) is 74.8 cm³/mol. The molecule has 1 aromatic carbocycles. The normalized spacial score (nSPS) is 11.3. The van der Waals surface area contributed by atoms with E-state index in [1.165, 1.54) is 0 Å². The highest BCUT2D eigenvalue weighted by Crippen LogP contribution is 2.23. The lowest BCUT2D eigenvalue weighted by Crippen LogP contribution is -2.29. The van der Waals surface area contributed by atoms with Gasteiger partial charge in [-0.15, -0.1) is 0 Å². The summed E-state index contributed by atoms with van der Waals surface area (Å²) in [5.74, 6) is -0.245. The molecule has 0 aromatic heterocycles. The molecule has 0 aliphatic carbocycles. The molecule has 0 spiro atoms. The summed E-state index contributed by atoms with van der Waals surface area (Å²) >= 11 is 5.83. The van der Waals surface area contributed by atoms with Crippen LogP contribution in [-0.2, 0) is 9.53 Å². The Bertz CT molecular complexity index is 433. The first-order valence-corrected chi connectivity index (χ1v) is 6.20. The van der Waals surface area contributed by atoms with Gasteiger partial charge in [-0.2, -0.15) is 0 Å². The molecule has 0 aliphatic rings. The number of benzene rings is 1. The van der Waals surface area contributed by atoms with Crippen LogP contribution in [0.5, 0.6) is 0 Å². The van der Waals surface area contributed by atoms with Crippen LogP contribution in [0.4, 0.5) is 11.4 Å². The second-order valence-electron chi connectivity index (χ2n) is 4.68. The molecule has 0 saturated heterocycles. The van der Waals surface area contributed by atoms with Crippen molar-refractivity contribution in [2.45, 2.75) is 32.8 Å². The fraction of sp³-hybridized carbons (Fsp3) is 0.462. The van der Waals surface area contributed by atoms with Crippen molar-refractivity contribution >= 4 is 28.9 Å². The Hall–Kier alpha value is -1.26. The summed E-state index contributed by atoms with van der Waals surface area (Å²) in [7, 11) is 0. The Kier molecular flexibility index (Phi) is 4.99. The van der Waals surface area contributed by atoms with Crippen LogP contribution in [-0.4, -0.2) is 18.1 Å². The molecule has 0 unspecified atom stereocenters. The van der Waals surface area contributed by atoms with Crippen LogP contribution in [0.3, 0.4) is 0 Å². The molecule has 1 aromatic rings. The van der Waals surface area contributed by atoms with E-state index in [1.54, 1.807) is 18.2 Å². The largest absolute Gasteiger partial charge is 0.397 e. The fourth-order valence-electron chi connectivity index (χ4n) is 1.19. The Morgan fingerprint density at radius 1 is 1.50 bits per heavy atom. The van der Waals surface area contributed by atoms with Crippen molar-refractivity contribution in [1.82, 2.24) is 0 Å². The second-order valence-corrected chi connectivity index (χ2v) is 5.12. The van der Waals surface area contributed by atoms with Crippen LogP contribution in [0.25, 0.3) is 0 Å². The van der Waals surface area contributed by atoms with Gasteiger partial charge in [0.1, 0.15) is 6.61 Å². The molecule has 0 atom stereocenters. The van der Waals surface area contributed by atoms with E-state index in [2.05, 4.69) is 5.32 Å². The van der Waals surface area contributed by atoms with Crippen LogP contribution in [0, 0.1) is 0 Å². The third-order valence-electron chi connectivity index (χ3n) is 2.73. The number of nitrogens with two attached hydrogens (primary N) is 1. The summed E-state index contributed by atoms with van der Waals surface area (Å²) < 4.78 is 5.50. The van der Waals surface area contributed by atoms with Gasteiger partial charge in [0.15, 0.2) is 0 Å². The predicted octanol–water partition coefficient (Wildman–Crippen LogP) is 3.07. The average Bonchev–Trinajstić information content (AvgIpc) is 2.31. The monoisotopic (exact) mass is 270 g/mol. The van der Waals surface area contributed by atoms with Gasteiger partial charge < -0.3 is 15.8 Å². The highest BCUT2D eigenvalue weighted by molar-refractivity contribution is 6.31. The van der Waals surface area contributed by atoms with Crippen LogP contribution < -0.4 is 11.1 Å². The van der Waals surface area contributed by atoms with Crippen molar-refractivity contribution in [2.24, 2.45) is 0 Å². The standard InChI is InChI=1S/C13H19ClN2O2/c1-4-13(2,3)18-8-12(17)16-11-7-9(14)5-6-10(11)15/h5-7H,4,8,15H2,1-3H3,(H,16,17). The second kappa shape index (κ2) is 6.07. The number of amides is 1. The zero-order valence-electron chi connectivity index (χ0n) is 10.9. The van der Waals surface area contributed by atoms with Crippen molar-refractivity contribution < 1.29 is 9.53 Å². The quantitative estimate of drug-likeness (QED) is 0.808. The number of hydrogen-bond donors (Lipinski definition) is 2. The number of nitrogen functional groups attached to an aromatic ring is 1. The maximum absolute atomic E-state index is 11.7. The van der Waals surface area contributed by atoms with E-state index in [4.69, 9.17) is 22.1 Å². The number of hydrogen-bond acceptors (Lipinski definition) is 3. The topological polar surface area (TPSA) is 64.3 Å². The molecule has 3 N–H and O–H groups in total. The first-order valence-electron chi connectivity index (χ1n) is 5.83. The number of ether oxygens (including phenoxy) is 1. The van der Waals surface area contributed by atoms with E-state index in [1.807, 2.05) is 20.8 Å². The third kappa shape index (κ3) is 4.55. The zero-order chi connectivity index (χ0) is 13.8. The van der Waals surface area contributed by atoms with Crippen LogP contribution >= 0.6 is 11.6 Å². The smallest absolute Gasteiger partial charge is 0.250 e. The zero-order valence-corrected chi connectivity index (χ0v) is 11.7. The third-order valence-corrected chi connectivity index (χ3v) is 2.97. The first-order chi connectivity index (χ1) is 8.34. The van der Waals surface area contributed by atoms with E-state index >= 15 is 0 Å². The highest BCUT2D eigenvalue weighted by Gasteiger charge is 2.17. The molecule has 0 fully saturated rings. The minimum absolute atomic E-state index is 0.00715. The van der Waals surface area contributed by atoms with Gasteiger partial charge in [0.25, 0.3) is 0 Å². The van der Waals surface area contributed by atoms with Gasteiger partial charge in [0.2, 0.25) is 5.91 Å². The number of halogens is 1. The van der Waals surface area contributed by atoms with Gasteiger partial charge in [-0.25, -0.2) is 0 Å². The molecule has 1 amide bonds. The van der Waals surface area contributed by atoms with Gasteiger partial charge in [0, 0.05) is 5.02 Å².